The fourth-order valence-electron chi connectivity index (χ4n) is 1.32. The first-order chi connectivity index (χ1) is 10.3. The molecule has 0 bridgehead atoms. The van der Waals surface area contributed by atoms with Crippen molar-refractivity contribution in [3.63, 3.8) is 0 Å². The number of halogens is 2. The molecule has 1 rings (SSSR count). The zero-order valence-electron chi connectivity index (χ0n) is 11.9. The predicted octanol–water partition coefficient (Wildman–Crippen LogP) is 1.88. The quantitative estimate of drug-likeness (QED) is 0.653. The number of amides is 3. The summed E-state index contributed by atoms with van der Waals surface area (Å²) in [6.07, 6.45) is 1.27. The van der Waals surface area contributed by atoms with E-state index in [0.717, 1.165) is 12.1 Å². The van der Waals surface area contributed by atoms with Crippen molar-refractivity contribution in [2.45, 2.75) is 13.0 Å². The Morgan fingerprint density at radius 2 is 2.05 bits per heavy atom. The van der Waals surface area contributed by atoms with Gasteiger partial charge in [0.15, 0.2) is 6.10 Å². The lowest BCUT2D eigenvalue weighted by Crippen LogP contribution is -2.43. The van der Waals surface area contributed by atoms with Crippen molar-refractivity contribution < 1.29 is 23.5 Å². The molecule has 0 aliphatic heterocycles. The fourth-order valence-corrected chi connectivity index (χ4v) is 1.51. The summed E-state index contributed by atoms with van der Waals surface area (Å²) in [5, 5.41) is 4.09. The normalized spacial score (nSPS) is 11.8. The molecule has 6 nitrogen and oxygen atoms in total. The average Bonchev–Trinajstić information content (AvgIpc) is 2.48. The van der Waals surface area contributed by atoms with Crippen molar-refractivity contribution in [1.29, 1.82) is 0 Å². The Morgan fingerprint density at radius 1 is 1.36 bits per heavy atom. The van der Waals surface area contributed by atoms with Crippen LogP contribution in [0.3, 0.4) is 0 Å². The lowest BCUT2D eigenvalue weighted by molar-refractivity contribution is -0.149. The van der Waals surface area contributed by atoms with Crippen LogP contribution in [0.15, 0.2) is 24.3 Å². The Labute approximate surface area is 131 Å². The minimum Gasteiger partial charge on any atom is -0.449 e. The topological polar surface area (TPSA) is 84.5 Å². The van der Waals surface area contributed by atoms with Crippen LogP contribution in [0.1, 0.15) is 12.5 Å². The van der Waals surface area contributed by atoms with E-state index in [2.05, 4.69) is 5.32 Å². The first kappa shape index (κ1) is 17.6. The maximum absolute atomic E-state index is 13.0. The summed E-state index contributed by atoms with van der Waals surface area (Å²) in [6, 6.07) is 3.21. The molecule has 1 atom stereocenters. The summed E-state index contributed by atoms with van der Waals surface area (Å²) in [5.74, 6) is -2.12. The van der Waals surface area contributed by atoms with Gasteiger partial charge in [-0.15, -0.1) is 0 Å². The van der Waals surface area contributed by atoms with E-state index in [4.69, 9.17) is 16.3 Å². The Hall–Kier alpha value is -2.41. The molecule has 2 N–H and O–H groups in total. The highest BCUT2D eigenvalue weighted by atomic mass is 35.5. The summed E-state index contributed by atoms with van der Waals surface area (Å²) in [4.78, 5) is 34.0. The molecule has 118 valence electrons. The van der Waals surface area contributed by atoms with E-state index in [1.54, 1.807) is 0 Å². The summed E-state index contributed by atoms with van der Waals surface area (Å²) < 4.78 is 17.8. The molecular weight excluding hydrogens is 315 g/mol. The molecule has 1 aromatic rings. The predicted molar refractivity (Wildman–Crippen MR) is 78.6 cm³/mol. The van der Waals surface area contributed by atoms with Crippen LogP contribution in [-0.4, -0.2) is 31.1 Å². The minimum atomic E-state index is -1.15. The highest BCUT2D eigenvalue weighted by Gasteiger charge is 2.18. The number of carbonyl (C=O) groups excluding carboxylic acids is 3. The fraction of sp³-hybridized carbons (Fsp3) is 0.214. The van der Waals surface area contributed by atoms with Crippen LogP contribution in [0.4, 0.5) is 9.18 Å². The van der Waals surface area contributed by atoms with Crippen LogP contribution in [-0.2, 0) is 14.3 Å². The number of imide groups is 1. The van der Waals surface area contributed by atoms with Gasteiger partial charge in [0.2, 0.25) is 0 Å². The molecule has 0 spiro atoms. The van der Waals surface area contributed by atoms with Crippen LogP contribution in [0.5, 0.6) is 0 Å². The summed E-state index contributed by atoms with van der Waals surface area (Å²) in [7, 11) is 1.34. The van der Waals surface area contributed by atoms with Crippen molar-refractivity contribution in [3.8, 4) is 0 Å². The summed E-state index contributed by atoms with van der Waals surface area (Å²) in [6.45, 7) is 1.32. The van der Waals surface area contributed by atoms with Gasteiger partial charge in [0.25, 0.3) is 5.91 Å². The van der Waals surface area contributed by atoms with Crippen molar-refractivity contribution in [3.05, 3.63) is 40.7 Å². The SMILES string of the molecule is CNC(=O)NC(=O)[C@@H](C)OC(=O)/C=C/c1ccc(F)c(Cl)c1. The van der Waals surface area contributed by atoms with Gasteiger partial charge in [0.05, 0.1) is 5.02 Å². The van der Waals surface area contributed by atoms with Crippen molar-refractivity contribution >= 4 is 35.6 Å². The van der Waals surface area contributed by atoms with E-state index in [-0.39, 0.29) is 5.02 Å². The van der Waals surface area contributed by atoms with Gasteiger partial charge >= 0.3 is 12.0 Å². The third kappa shape index (κ3) is 5.53. The van der Waals surface area contributed by atoms with Crippen LogP contribution in [0.25, 0.3) is 6.08 Å². The molecule has 0 heterocycles. The lowest BCUT2D eigenvalue weighted by atomic mass is 10.2. The molecule has 0 aliphatic carbocycles. The molecule has 0 saturated carbocycles. The monoisotopic (exact) mass is 328 g/mol. The second-order valence-electron chi connectivity index (χ2n) is 4.15. The number of hydrogen-bond acceptors (Lipinski definition) is 4. The van der Waals surface area contributed by atoms with Gasteiger partial charge in [-0.2, -0.15) is 0 Å². The van der Waals surface area contributed by atoms with E-state index < -0.39 is 29.8 Å². The Morgan fingerprint density at radius 3 is 2.64 bits per heavy atom. The van der Waals surface area contributed by atoms with Gasteiger partial charge in [-0.1, -0.05) is 17.7 Å². The molecule has 0 saturated heterocycles. The molecule has 0 radical (unpaired) electrons. The number of nitrogens with one attached hydrogen (secondary N) is 2. The molecule has 0 unspecified atom stereocenters. The van der Waals surface area contributed by atoms with E-state index in [1.165, 1.54) is 32.2 Å². The van der Waals surface area contributed by atoms with Gasteiger partial charge in [0.1, 0.15) is 5.82 Å². The van der Waals surface area contributed by atoms with Gasteiger partial charge in [0, 0.05) is 13.1 Å². The van der Waals surface area contributed by atoms with Crippen LogP contribution in [0.2, 0.25) is 5.02 Å². The molecule has 1 aromatic carbocycles. The molecule has 0 aromatic heterocycles. The molecule has 8 heteroatoms. The van der Waals surface area contributed by atoms with Crippen molar-refractivity contribution in [1.82, 2.24) is 10.6 Å². The lowest BCUT2D eigenvalue weighted by Gasteiger charge is -2.11. The molecule has 0 aliphatic rings. The number of carbonyl (C=O) groups is 3. The largest absolute Gasteiger partial charge is 0.449 e. The molecular formula is C14H14ClFN2O4. The molecule has 0 fully saturated rings. The van der Waals surface area contributed by atoms with Crippen LogP contribution in [0, 0.1) is 5.82 Å². The molecule has 3 amide bonds. The Balaban J connectivity index is 2.58. The van der Waals surface area contributed by atoms with Gasteiger partial charge in [-0.3, -0.25) is 10.1 Å². The number of urea groups is 1. The smallest absolute Gasteiger partial charge is 0.331 e. The number of hydrogen-bond donors (Lipinski definition) is 2. The Kier molecular flexibility index (Phi) is 6.52. The van der Waals surface area contributed by atoms with Gasteiger partial charge < -0.3 is 10.1 Å². The highest BCUT2D eigenvalue weighted by Crippen LogP contribution is 2.16. The summed E-state index contributed by atoms with van der Waals surface area (Å²) >= 11 is 5.60. The first-order valence-corrected chi connectivity index (χ1v) is 6.57. The average molecular weight is 329 g/mol. The zero-order chi connectivity index (χ0) is 16.7. The Bertz CT molecular complexity index is 619. The van der Waals surface area contributed by atoms with Gasteiger partial charge in [-0.25, -0.2) is 14.0 Å². The van der Waals surface area contributed by atoms with E-state index >= 15 is 0 Å². The second-order valence-corrected chi connectivity index (χ2v) is 4.56. The van der Waals surface area contributed by atoms with Crippen LogP contribution < -0.4 is 10.6 Å². The zero-order valence-corrected chi connectivity index (χ0v) is 12.6. The highest BCUT2D eigenvalue weighted by molar-refractivity contribution is 6.30. The molecule has 22 heavy (non-hydrogen) atoms. The third-order valence-corrected chi connectivity index (χ3v) is 2.77. The second kappa shape index (κ2) is 8.14. The van der Waals surface area contributed by atoms with E-state index in [9.17, 15) is 18.8 Å². The first-order valence-electron chi connectivity index (χ1n) is 6.19. The number of rotatable bonds is 4. The van der Waals surface area contributed by atoms with Crippen molar-refractivity contribution in [2.24, 2.45) is 0 Å². The third-order valence-electron chi connectivity index (χ3n) is 2.48. The minimum absolute atomic E-state index is 0.0751. The van der Waals surface area contributed by atoms with Crippen LogP contribution >= 0.6 is 11.6 Å². The van der Waals surface area contributed by atoms with E-state index in [0.29, 0.717) is 5.56 Å². The maximum Gasteiger partial charge on any atom is 0.331 e. The summed E-state index contributed by atoms with van der Waals surface area (Å²) in [5.41, 5.74) is 0.491. The number of ether oxygens (including phenoxy) is 1. The number of esters is 1. The maximum atomic E-state index is 13.0. The van der Waals surface area contributed by atoms with Gasteiger partial charge in [-0.05, 0) is 30.7 Å². The standard InChI is InChI=1S/C14H14ClFN2O4/c1-8(13(20)18-14(21)17-2)22-12(19)6-4-9-3-5-11(16)10(15)7-9/h3-8H,1-2H3,(H2,17,18,20,21)/b6-4+/t8-/m1/s1. The number of benzene rings is 1. The van der Waals surface area contributed by atoms with E-state index in [1.807, 2.05) is 5.32 Å². The van der Waals surface area contributed by atoms with Crippen molar-refractivity contribution in [2.75, 3.05) is 7.05 Å².